The van der Waals surface area contributed by atoms with Crippen molar-refractivity contribution in [2.24, 2.45) is 11.8 Å². The Morgan fingerprint density at radius 2 is 1.62 bits per heavy atom. The molecule has 0 spiro atoms. The first kappa shape index (κ1) is 22.9. The fraction of sp³-hybridized carbons (Fsp3) is 0.667. The Bertz CT molecular complexity index is 505. The number of aldehydes is 1. The SMILES string of the molecule is CC[Si](CC)(CC)O[C@H]([C@H](C)C=O)[C@@H](C)COCc1ccc(OC)cc1. The molecule has 0 amide bonds. The number of hydrogen-bond donors (Lipinski definition) is 0. The van der Waals surface area contributed by atoms with Gasteiger partial charge >= 0.3 is 0 Å². The lowest BCUT2D eigenvalue weighted by Crippen LogP contribution is -2.45. The predicted octanol–water partition coefficient (Wildman–Crippen LogP) is 5.07. The fourth-order valence-corrected chi connectivity index (χ4v) is 6.31. The Morgan fingerprint density at radius 3 is 2.08 bits per heavy atom. The summed E-state index contributed by atoms with van der Waals surface area (Å²) >= 11 is 0. The van der Waals surface area contributed by atoms with E-state index in [4.69, 9.17) is 13.9 Å². The van der Waals surface area contributed by atoms with Gasteiger partial charge in [-0.2, -0.15) is 0 Å². The topological polar surface area (TPSA) is 44.8 Å². The lowest BCUT2D eigenvalue weighted by atomic mass is 9.95. The van der Waals surface area contributed by atoms with Crippen molar-refractivity contribution in [3.63, 3.8) is 0 Å². The van der Waals surface area contributed by atoms with Gasteiger partial charge in [0.25, 0.3) is 0 Å². The summed E-state index contributed by atoms with van der Waals surface area (Å²) in [6.45, 7) is 11.9. The monoisotopic (exact) mass is 380 g/mol. The van der Waals surface area contributed by atoms with Gasteiger partial charge in [0, 0.05) is 11.8 Å². The van der Waals surface area contributed by atoms with Crippen molar-refractivity contribution in [2.75, 3.05) is 13.7 Å². The molecule has 0 aliphatic heterocycles. The van der Waals surface area contributed by atoms with Gasteiger partial charge in [0.05, 0.1) is 26.4 Å². The van der Waals surface area contributed by atoms with E-state index < -0.39 is 8.32 Å². The van der Waals surface area contributed by atoms with Gasteiger partial charge < -0.3 is 18.7 Å². The van der Waals surface area contributed by atoms with E-state index >= 15 is 0 Å². The fourth-order valence-electron chi connectivity index (χ4n) is 3.29. The predicted molar refractivity (Wildman–Crippen MR) is 109 cm³/mol. The first-order chi connectivity index (χ1) is 12.4. The lowest BCUT2D eigenvalue weighted by molar-refractivity contribution is -0.114. The first-order valence-electron chi connectivity index (χ1n) is 9.79. The molecule has 0 saturated heterocycles. The average molecular weight is 381 g/mol. The number of carbonyl (C=O) groups excluding carboxylic acids is 1. The highest BCUT2D eigenvalue weighted by molar-refractivity contribution is 6.73. The van der Waals surface area contributed by atoms with Crippen molar-refractivity contribution in [2.45, 2.75) is 65.5 Å². The summed E-state index contributed by atoms with van der Waals surface area (Å²) < 4.78 is 17.7. The van der Waals surface area contributed by atoms with E-state index in [1.54, 1.807) is 7.11 Å². The van der Waals surface area contributed by atoms with Crippen molar-refractivity contribution in [3.8, 4) is 5.75 Å². The van der Waals surface area contributed by atoms with E-state index in [1.807, 2.05) is 31.2 Å². The lowest BCUT2D eigenvalue weighted by Gasteiger charge is -2.37. The standard InChI is InChI=1S/C21H36O4Si/c1-7-26(8-2,9-3)25-21(17(4)14-22)18(5)15-24-16-19-10-12-20(23-6)13-11-19/h10-14,17-18,21H,7-9,15-16H2,1-6H3/t17-,18+,21-/m1/s1. The van der Waals surface area contributed by atoms with Gasteiger partial charge in [0.15, 0.2) is 8.32 Å². The maximum Gasteiger partial charge on any atom is 0.192 e. The molecule has 148 valence electrons. The highest BCUT2D eigenvalue weighted by Crippen LogP contribution is 2.29. The molecule has 5 heteroatoms. The van der Waals surface area contributed by atoms with Crippen LogP contribution in [0.2, 0.25) is 18.1 Å². The van der Waals surface area contributed by atoms with Crippen molar-refractivity contribution >= 4 is 14.6 Å². The quantitative estimate of drug-likeness (QED) is 0.354. The van der Waals surface area contributed by atoms with E-state index in [2.05, 4.69) is 27.7 Å². The molecule has 1 rings (SSSR count). The van der Waals surface area contributed by atoms with Crippen LogP contribution in [0.4, 0.5) is 0 Å². The van der Waals surface area contributed by atoms with Gasteiger partial charge in [0.1, 0.15) is 12.0 Å². The molecule has 0 heterocycles. The van der Waals surface area contributed by atoms with E-state index in [1.165, 1.54) is 0 Å². The number of ether oxygens (including phenoxy) is 2. The number of hydrogen-bond acceptors (Lipinski definition) is 4. The maximum atomic E-state index is 11.4. The number of rotatable bonds is 13. The minimum atomic E-state index is -1.76. The molecule has 1 aromatic carbocycles. The maximum absolute atomic E-state index is 11.4. The van der Waals surface area contributed by atoms with Gasteiger partial charge in [-0.3, -0.25) is 0 Å². The van der Waals surface area contributed by atoms with Crippen LogP contribution >= 0.6 is 0 Å². The molecule has 0 unspecified atom stereocenters. The molecule has 0 fully saturated rings. The summed E-state index contributed by atoms with van der Waals surface area (Å²) in [5, 5.41) is 0. The number of methoxy groups -OCH3 is 1. The first-order valence-corrected chi connectivity index (χ1v) is 12.3. The Labute approximate surface area is 160 Å². The van der Waals surface area contributed by atoms with Crippen LogP contribution in [0.15, 0.2) is 24.3 Å². The van der Waals surface area contributed by atoms with Gasteiger partial charge in [-0.05, 0) is 35.8 Å². The Hall–Kier alpha value is -1.17. The van der Waals surface area contributed by atoms with Crippen LogP contribution in [0.3, 0.4) is 0 Å². The Balaban J connectivity index is 2.67. The minimum absolute atomic E-state index is 0.0742. The Kier molecular flexibility index (Phi) is 10.1. The van der Waals surface area contributed by atoms with Crippen molar-refractivity contribution in [1.82, 2.24) is 0 Å². The summed E-state index contributed by atoms with van der Waals surface area (Å²) in [5.41, 5.74) is 1.11. The normalized spacial score (nSPS) is 15.3. The zero-order chi connectivity index (χ0) is 19.6. The van der Waals surface area contributed by atoms with Crippen molar-refractivity contribution in [1.29, 1.82) is 0 Å². The zero-order valence-electron chi connectivity index (χ0n) is 17.3. The molecule has 0 aromatic heterocycles. The molecule has 26 heavy (non-hydrogen) atoms. The molecule has 4 nitrogen and oxygen atoms in total. The highest BCUT2D eigenvalue weighted by atomic mass is 28.4. The number of benzene rings is 1. The molecule has 0 bridgehead atoms. The van der Waals surface area contributed by atoms with E-state index in [-0.39, 0.29) is 17.9 Å². The summed E-state index contributed by atoms with van der Waals surface area (Å²) in [4.78, 5) is 11.4. The van der Waals surface area contributed by atoms with E-state index in [9.17, 15) is 4.79 Å². The van der Waals surface area contributed by atoms with Crippen LogP contribution in [0.25, 0.3) is 0 Å². The van der Waals surface area contributed by atoms with Crippen molar-refractivity contribution in [3.05, 3.63) is 29.8 Å². The molecule has 0 radical (unpaired) electrons. The molecule has 0 aliphatic carbocycles. The largest absolute Gasteiger partial charge is 0.497 e. The molecule has 0 aliphatic rings. The van der Waals surface area contributed by atoms with Crippen molar-refractivity contribution < 1.29 is 18.7 Å². The molecule has 1 aromatic rings. The van der Waals surface area contributed by atoms with Gasteiger partial charge in [-0.25, -0.2) is 0 Å². The van der Waals surface area contributed by atoms with Crippen LogP contribution in [0, 0.1) is 11.8 Å². The molecular formula is C21H36O4Si. The highest BCUT2D eigenvalue weighted by Gasteiger charge is 2.36. The molecule has 3 atom stereocenters. The zero-order valence-corrected chi connectivity index (χ0v) is 18.3. The minimum Gasteiger partial charge on any atom is -0.497 e. The third-order valence-corrected chi connectivity index (χ3v) is 10.1. The second kappa shape index (κ2) is 11.5. The summed E-state index contributed by atoms with van der Waals surface area (Å²) in [6, 6.07) is 11.1. The van der Waals surface area contributed by atoms with E-state index in [0.29, 0.717) is 13.2 Å². The third-order valence-electron chi connectivity index (χ3n) is 5.42. The average Bonchev–Trinajstić information content (AvgIpc) is 2.69. The van der Waals surface area contributed by atoms with E-state index in [0.717, 1.165) is 35.7 Å². The number of carbonyl (C=O) groups is 1. The van der Waals surface area contributed by atoms with Crippen LogP contribution in [0.5, 0.6) is 5.75 Å². The van der Waals surface area contributed by atoms with Crippen LogP contribution < -0.4 is 4.74 Å². The van der Waals surface area contributed by atoms with Crippen LogP contribution in [0.1, 0.15) is 40.2 Å². The van der Waals surface area contributed by atoms with Gasteiger partial charge in [0.2, 0.25) is 0 Å². The van der Waals surface area contributed by atoms with Crippen LogP contribution in [-0.4, -0.2) is 34.4 Å². The summed E-state index contributed by atoms with van der Waals surface area (Å²) in [5.74, 6) is 0.895. The second-order valence-corrected chi connectivity index (χ2v) is 11.9. The molecule has 0 N–H and O–H groups in total. The Morgan fingerprint density at radius 1 is 1.04 bits per heavy atom. The smallest absolute Gasteiger partial charge is 0.192 e. The third kappa shape index (κ3) is 6.52. The summed E-state index contributed by atoms with van der Waals surface area (Å²) in [6.07, 6.45) is 0.944. The van der Waals surface area contributed by atoms with Gasteiger partial charge in [-0.15, -0.1) is 0 Å². The second-order valence-electron chi connectivity index (χ2n) is 7.16. The molecule has 0 saturated carbocycles. The van der Waals surface area contributed by atoms with Crippen LogP contribution in [-0.2, 0) is 20.6 Å². The van der Waals surface area contributed by atoms with Gasteiger partial charge in [-0.1, -0.05) is 46.8 Å². The molecular weight excluding hydrogens is 344 g/mol. The summed E-state index contributed by atoms with van der Waals surface area (Å²) in [7, 11) is -0.104.